The lowest BCUT2D eigenvalue weighted by Crippen LogP contribution is -2.76. The summed E-state index contributed by atoms with van der Waals surface area (Å²) in [7, 11) is 2.67. The summed E-state index contributed by atoms with van der Waals surface area (Å²) in [5, 5.41) is 0. The highest BCUT2D eigenvalue weighted by Crippen LogP contribution is 2.60. The number of piperidine rings is 2. The van der Waals surface area contributed by atoms with Gasteiger partial charge in [0.25, 0.3) is 0 Å². The van der Waals surface area contributed by atoms with Crippen LogP contribution < -0.4 is 0 Å². The van der Waals surface area contributed by atoms with Gasteiger partial charge in [0.15, 0.2) is 16.6 Å². The number of hydrogen-bond acceptors (Lipinski definition) is 10. The predicted molar refractivity (Wildman–Crippen MR) is 218 cm³/mol. The number of carbonyl (C=O) groups is 3. The normalized spacial score (nSPS) is 22.9. The van der Waals surface area contributed by atoms with Crippen molar-refractivity contribution in [3.8, 4) is 0 Å². The Kier molecular flexibility index (Phi) is 18.7. The van der Waals surface area contributed by atoms with Gasteiger partial charge in [-0.3, -0.25) is 34.2 Å². The Morgan fingerprint density at radius 2 is 1.07 bits per heavy atom. The van der Waals surface area contributed by atoms with Crippen LogP contribution in [0, 0.1) is 10.8 Å². The van der Waals surface area contributed by atoms with Gasteiger partial charge in [-0.25, -0.2) is 0 Å². The van der Waals surface area contributed by atoms with Gasteiger partial charge in [-0.2, -0.15) is 0 Å². The third-order valence-corrected chi connectivity index (χ3v) is 12.3. The van der Waals surface area contributed by atoms with Gasteiger partial charge in [0.2, 0.25) is 0 Å². The molecule has 2 aromatic heterocycles. The minimum atomic E-state index is -1.72. The van der Waals surface area contributed by atoms with Crippen LogP contribution in [-0.4, -0.2) is 102 Å². The molecule has 0 amide bonds. The molecule has 10 nitrogen and oxygen atoms in total. The third-order valence-electron chi connectivity index (χ3n) is 12.3. The van der Waals surface area contributed by atoms with Crippen LogP contribution in [0.3, 0.4) is 0 Å². The van der Waals surface area contributed by atoms with Crippen molar-refractivity contribution in [3.05, 3.63) is 60.2 Å². The number of ether oxygens (including phenoxy) is 2. The second kappa shape index (κ2) is 23.1. The molecule has 4 rings (SSSR count). The van der Waals surface area contributed by atoms with Crippen LogP contribution in [-0.2, 0) is 23.9 Å². The summed E-state index contributed by atoms with van der Waals surface area (Å²) in [5.74, 6) is -1.76. The van der Waals surface area contributed by atoms with Gasteiger partial charge < -0.3 is 14.4 Å². The fourth-order valence-electron chi connectivity index (χ4n) is 9.34. The molecule has 2 aliphatic heterocycles. The van der Waals surface area contributed by atoms with E-state index < -0.39 is 40.6 Å². The van der Waals surface area contributed by atoms with Crippen LogP contribution in [0.15, 0.2) is 48.8 Å². The van der Waals surface area contributed by atoms with Crippen molar-refractivity contribution >= 4 is 17.7 Å². The van der Waals surface area contributed by atoms with E-state index in [1.165, 1.54) is 97.7 Å². The molecular weight excluding hydrogens is 691 g/mol. The second-order valence-corrected chi connectivity index (χ2v) is 15.8. The Bertz CT molecular complexity index is 1350. The van der Waals surface area contributed by atoms with Crippen LogP contribution in [0.5, 0.6) is 0 Å². The number of Topliss-reactive ketones (excluding diaryl/α,β-unsaturated/α-hetero) is 1. The van der Waals surface area contributed by atoms with E-state index in [2.05, 4.69) is 35.5 Å². The van der Waals surface area contributed by atoms with Crippen molar-refractivity contribution in [1.29, 1.82) is 0 Å². The maximum atomic E-state index is 15.5. The highest BCUT2D eigenvalue weighted by molar-refractivity contribution is 6.17. The van der Waals surface area contributed by atoms with Crippen LogP contribution in [0.2, 0.25) is 0 Å². The van der Waals surface area contributed by atoms with Crippen LogP contribution in [0.1, 0.15) is 147 Å². The maximum Gasteiger partial charge on any atom is 0.322 e. The summed E-state index contributed by atoms with van der Waals surface area (Å²) in [6.45, 7) is 10.3. The zero-order valence-electron chi connectivity index (χ0n) is 34.8. The lowest BCUT2D eigenvalue weighted by atomic mass is 9.54. The van der Waals surface area contributed by atoms with Crippen molar-refractivity contribution in [2.75, 3.05) is 60.0 Å². The van der Waals surface area contributed by atoms with Gasteiger partial charge in [0, 0.05) is 38.6 Å². The molecule has 10 heteroatoms. The van der Waals surface area contributed by atoms with E-state index in [9.17, 15) is 9.59 Å². The molecule has 306 valence electrons. The first kappa shape index (κ1) is 44.5. The number of methoxy groups -OCH3 is 2. The van der Waals surface area contributed by atoms with Gasteiger partial charge in [-0.1, -0.05) is 129 Å². The van der Waals surface area contributed by atoms with Gasteiger partial charge in [0.05, 0.1) is 37.7 Å². The molecule has 0 aliphatic carbocycles. The number of hydrogen-bond donors (Lipinski definition) is 0. The zero-order valence-corrected chi connectivity index (χ0v) is 34.8. The lowest BCUT2D eigenvalue weighted by Gasteiger charge is -2.61. The second-order valence-electron chi connectivity index (χ2n) is 15.8. The van der Waals surface area contributed by atoms with Gasteiger partial charge in [-0.15, -0.1) is 0 Å². The van der Waals surface area contributed by atoms with Gasteiger partial charge in [-0.05, 0) is 50.3 Å². The minimum absolute atomic E-state index is 0.115. The SMILES string of the molecule is CCCCCCCCCCCCCCCCCCN1C(c2ccccn2)C2(C(=O)OC)CN(CCN(CC)CC)CC(C(=O)OC)(C2=O)C1c1ccccn1. The summed E-state index contributed by atoms with van der Waals surface area (Å²) in [5.41, 5.74) is -2.25. The van der Waals surface area contributed by atoms with Crippen LogP contribution in [0.4, 0.5) is 0 Å². The Balaban J connectivity index is 1.57. The number of likely N-dealkylation sites (N-methyl/N-ethyl adjacent to an activating group) is 1. The minimum Gasteiger partial charge on any atom is -0.468 e. The first-order valence-corrected chi connectivity index (χ1v) is 21.6. The van der Waals surface area contributed by atoms with Gasteiger partial charge >= 0.3 is 11.9 Å². The quantitative estimate of drug-likeness (QED) is 0.0528. The largest absolute Gasteiger partial charge is 0.468 e. The molecule has 4 heterocycles. The van der Waals surface area contributed by atoms with E-state index >= 15 is 4.79 Å². The molecule has 2 saturated heterocycles. The van der Waals surface area contributed by atoms with Crippen LogP contribution >= 0.6 is 0 Å². The number of esters is 2. The zero-order chi connectivity index (χ0) is 39.5. The number of rotatable bonds is 26. The van der Waals surface area contributed by atoms with E-state index in [4.69, 9.17) is 19.4 Å². The predicted octanol–water partition coefficient (Wildman–Crippen LogP) is 8.38. The summed E-state index contributed by atoms with van der Waals surface area (Å²) < 4.78 is 11.1. The summed E-state index contributed by atoms with van der Waals surface area (Å²) in [4.78, 5) is 60.6. The monoisotopic (exact) mass is 762 g/mol. The Labute approximate surface area is 332 Å². The van der Waals surface area contributed by atoms with E-state index in [1.807, 2.05) is 36.4 Å². The highest BCUT2D eigenvalue weighted by Gasteiger charge is 2.75. The van der Waals surface area contributed by atoms with E-state index in [0.29, 0.717) is 24.5 Å². The molecule has 0 N–H and O–H groups in total. The van der Waals surface area contributed by atoms with Crippen molar-refractivity contribution in [1.82, 2.24) is 24.7 Å². The van der Waals surface area contributed by atoms with E-state index in [0.717, 1.165) is 38.9 Å². The first-order chi connectivity index (χ1) is 26.8. The van der Waals surface area contributed by atoms with Crippen molar-refractivity contribution in [2.24, 2.45) is 10.8 Å². The van der Waals surface area contributed by atoms with E-state index in [-0.39, 0.29) is 13.1 Å². The van der Waals surface area contributed by atoms with Gasteiger partial charge in [0.1, 0.15) is 0 Å². The maximum absolute atomic E-state index is 15.5. The fraction of sp³-hybridized carbons (Fsp3) is 0.711. The van der Waals surface area contributed by atoms with E-state index in [1.54, 1.807) is 12.4 Å². The average Bonchev–Trinajstić information content (AvgIpc) is 3.21. The summed E-state index contributed by atoms with van der Waals surface area (Å²) >= 11 is 0. The molecule has 55 heavy (non-hydrogen) atoms. The van der Waals surface area contributed by atoms with Crippen molar-refractivity contribution in [2.45, 2.75) is 136 Å². The Morgan fingerprint density at radius 3 is 1.44 bits per heavy atom. The number of unbranched alkanes of at least 4 members (excludes halogenated alkanes) is 15. The molecular formula is C45H71N5O5. The number of carbonyl (C=O) groups excluding carboxylic acids is 3. The molecule has 0 spiro atoms. The number of pyridine rings is 2. The summed E-state index contributed by atoms with van der Waals surface area (Å²) in [6.07, 6.45) is 23.7. The fourth-order valence-corrected chi connectivity index (χ4v) is 9.34. The number of fused-ring (bicyclic) bond motifs is 2. The Hall–Kier alpha value is -3.21. The molecule has 4 unspecified atom stereocenters. The lowest BCUT2D eigenvalue weighted by molar-refractivity contribution is -0.206. The highest BCUT2D eigenvalue weighted by atomic mass is 16.5. The average molecular weight is 762 g/mol. The molecule has 2 aromatic rings. The molecule has 0 aromatic carbocycles. The standard InChI is InChI=1S/C45H71N5O5/c1-6-9-10-11-12-13-14-15-16-17-18-19-20-21-22-27-32-50-39(37-28-23-25-30-46-37)44(42(52)54-4)35-49(34-33-48(7-2)8-3)36-45(41(44)51,43(53)55-5)40(50)38-29-24-26-31-47-38/h23-26,28-31,39-40H,6-22,27,32-36H2,1-5H3. The third kappa shape index (κ3) is 10.8. The van der Waals surface area contributed by atoms with Crippen molar-refractivity contribution < 1.29 is 23.9 Å². The first-order valence-electron chi connectivity index (χ1n) is 21.6. The number of likely N-dealkylation sites (tertiary alicyclic amines) is 2. The number of aromatic nitrogens is 2. The van der Waals surface area contributed by atoms with Crippen molar-refractivity contribution in [3.63, 3.8) is 0 Å². The molecule has 4 atom stereocenters. The molecule has 0 saturated carbocycles. The number of nitrogens with zero attached hydrogens (tertiary/aromatic N) is 5. The smallest absolute Gasteiger partial charge is 0.322 e. The number of ketones is 1. The van der Waals surface area contributed by atoms with Crippen LogP contribution in [0.25, 0.3) is 0 Å². The molecule has 2 bridgehead atoms. The topological polar surface area (TPSA) is 105 Å². The molecule has 2 aliphatic rings. The molecule has 2 fully saturated rings. The summed E-state index contributed by atoms with van der Waals surface area (Å²) in [6, 6.07) is 9.66. The Morgan fingerprint density at radius 1 is 0.655 bits per heavy atom. The molecule has 0 radical (unpaired) electrons.